The van der Waals surface area contributed by atoms with Crippen molar-refractivity contribution in [3.8, 4) is 0 Å². The molecule has 19 heavy (non-hydrogen) atoms. The number of nitrogens with one attached hydrogen (secondary N) is 1. The van der Waals surface area contributed by atoms with Gasteiger partial charge in [0.25, 0.3) is 0 Å². The average molecular weight is 330 g/mol. The Morgan fingerprint density at radius 2 is 2.00 bits per heavy atom. The van der Waals surface area contributed by atoms with Crippen LogP contribution in [0.3, 0.4) is 0 Å². The molecule has 1 aromatic rings. The Morgan fingerprint density at radius 1 is 1.37 bits per heavy atom. The van der Waals surface area contributed by atoms with E-state index >= 15 is 0 Å². The molecule has 2 N–H and O–H groups in total. The normalized spacial score (nSPS) is 23.8. The van der Waals surface area contributed by atoms with Gasteiger partial charge in [0.15, 0.2) is 0 Å². The molecule has 0 saturated heterocycles. The Hall–Kier alpha value is -1.43. The van der Waals surface area contributed by atoms with Crippen molar-refractivity contribution in [2.75, 3.05) is 5.32 Å². The Labute approximate surface area is 118 Å². The highest BCUT2D eigenvalue weighted by Crippen LogP contribution is 2.58. The topological polar surface area (TPSA) is 66.4 Å². The van der Waals surface area contributed by atoms with E-state index in [0.717, 1.165) is 0 Å². The van der Waals surface area contributed by atoms with E-state index in [1.165, 1.54) is 18.2 Å². The molecule has 0 heterocycles. The Bertz CT molecular complexity index is 559. The van der Waals surface area contributed by atoms with E-state index in [1.807, 2.05) is 0 Å². The first-order valence-corrected chi connectivity index (χ1v) is 6.53. The summed E-state index contributed by atoms with van der Waals surface area (Å²) in [4.78, 5) is 23.1. The van der Waals surface area contributed by atoms with Crippen molar-refractivity contribution in [2.45, 2.75) is 13.8 Å². The van der Waals surface area contributed by atoms with E-state index in [0.29, 0.717) is 10.2 Å². The molecule has 4 nitrogen and oxygen atoms in total. The van der Waals surface area contributed by atoms with Crippen LogP contribution in [-0.2, 0) is 9.59 Å². The van der Waals surface area contributed by atoms with Crippen LogP contribution in [0, 0.1) is 23.1 Å². The zero-order chi connectivity index (χ0) is 14.4. The number of amides is 1. The van der Waals surface area contributed by atoms with E-state index in [2.05, 4.69) is 21.2 Å². The molecule has 1 fully saturated rings. The summed E-state index contributed by atoms with van der Waals surface area (Å²) in [6, 6.07) is 3.90. The number of rotatable bonds is 3. The van der Waals surface area contributed by atoms with Gasteiger partial charge >= 0.3 is 5.97 Å². The van der Waals surface area contributed by atoms with Crippen LogP contribution >= 0.6 is 15.9 Å². The van der Waals surface area contributed by atoms with Gasteiger partial charge in [0.1, 0.15) is 5.82 Å². The quantitative estimate of drug-likeness (QED) is 0.896. The second-order valence-electron chi connectivity index (χ2n) is 5.23. The predicted molar refractivity (Wildman–Crippen MR) is 71.1 cm³/mol. The summed E-state index contributed by atoms with van der Waals surface area (Å²) >= 11 is 3.15. The minimum absolute atomic E-state index is 0.357. The van der Waals surface area contributed by atoms with E-state index in [1.54, 1.807) is 13.8 Å². The largest absolute Gasteiger partial charge is 0.481 e. The average Bonchev–Trinajstić information content (AvgIpc) is 2.86. The molecule has 1 aromatic carbocycles. The number of carboxylic acid groups (broad SMARTS) is 1. The van der Waals surface area contributed by atoms with Crippen molar-refractivity contribution < 1.29 is 19.1 Å². The molecule has 102 valence electrons. The Balaban J connectivity index is 2.13. The highest BCUT2D eigenvalue weighted by molar-refractivity contribution is 9.10. The zero-order valence-electron chi connectivity index (χ0n) is 10.4. The summed E-state index contributed by atoms with van der Waals surface area (Å²) in [5.41, 5.74) is -0.124. The molecule has 2 unspecified atom stereocenters. The van der Waals surface area contributed by atoms with Gasteiger partial charge in [0.2, 0.25) is 5.91 Å². The molecule has 0 bridgehead atoms. The molecule has 1 amide bonds. The molecule has 0 radical (unpaired) electrons. The number of carbonyl (C=O) groups is 2. The maximum Gasteiger partial charge on any atom is 0.307 e. The van der Waals surface area contributed by atoms with Crippen LogP contribution in [-0.4, -0.2) is 17.0 Å². The van der Waals surface area contributed by atoms with Crippen LogP contribution in [0.2, 0.25) is 0 Å². The van der Waals surface area contributed by atoms with Gasteiger partial charge in [-0.25, -0.2) is 4.39 Å². The third-order valence-corrected chi connectivity index (χ3v) is 4.22. The lowest BCUT2D eigenvalue weighted by molar-refractivity contribution is -0.140. The van der Waals surface area contributed by atoms with Crippen LogP contribution in [0.25, 0.3) is 0 Å². The van der Waals surface area contributed by atoms with E-state index in [4.69, 9.17) is 5.11 Å². The number of hydrogen-bond donors (Lipinski definition) is 2. The number of halogens is 2. The van der Waals surface area contributed by atoms with E-state index in [-0.39, 0.29) is 5.91 Å². The van der Waals surface area contributed by atoms with E-state index < -0.39 is 29.0 Å². The third-order valence-electron chi connectivity index (χ3n) is 3.56. The molecular weight excluding hydrogens is 317 g/mol. The molecule has 6 heteroatoms. The minimum Gasteiger partial charge on any atom is -0.481 e. The van der Waals surface area contributed by atoms with Crippen molar-refractivity contribution in [3.05, 3.63) is 28.5 Å². The number of hydrogen-bond acceptors (Lipinski definition) is 2. The van der Waals surface area contributed by atoms with Crippen LogP contribution in [0.1, 0.15) is 13.8 Å². The van der Waals surface area contributed by atoms with Gasteiger partial charge in [-0.05, 0) is 39.5 Å². The molecule has 0 aliphatic heterocycles. The van der Waals surface area contributed by atoms with Crippen molar-refractivity contribution >= 4 is 33.5 Å². The molecule has 1 aliphatic carbocycles. The SMILES string of the molecule is CC1(C)C(C(=O)O)C1C(=O)Nc1ccc(F)cc1Br. The molecule has 0 spiro atoms. The standard InChI is InChI=1S/C13H13BrFNO3/c1-13(2)9(10(13)12(18)19)11(17)16-8-4-3-6(15)5-7(8)14/h3-5,9-10H,1-2H3,(H,16,17)(H,18,19). The van der Waals surface area contributed by atoms with Crippen LogP contribution in [0.4, 0.5) is 10.1 Å². The van der Waals surface area contributed by atoms with Gasteiger partial charge in [-0.1, -0.05) is 13.8 Å². The summed E-state index contributed by atoms with van der Waals surface area (Å²) in [6.07, 6.45) is 0. The lowest BCUT2D eigenvalue weighted by Crippen LogP contribution is -2.18. The Morgan fingerprint density at radius 3 is 2.47 bits per heavy atom. The maximum absolute atomic E-state index is 12.9. The predicted octanol–water partition coefficient (Wildman–Crippen LogP) is 2.88. The number of aliphatic carboxylic acids is 1. The second-order valence-corrected chi connectivity index (χ2v) is 6.08. The summed E-state index contributed by atoms with van der Waals surface area (Å²) in [6.45, 7) is 3.49. The number of carboxylic acids is 1. The second kappa shape index (κ2) is 4.59. The number of benzene rings is 1. The summed E-state index contributed by atoms with van der Waals surface area (Å²) in [7, 11) is 0. The van der Waals surface area contributed by atoms with Crippen LogP contribution < -0.4 is 5.32 Å². The van der Waals surface area contributed by atoms with Gasteiger partial charge in [-0.3, -0.25) is 9.59 Å². The minimum atomic E-state index is -0.969. The van der Waals surface area contributed by atoms with Crippen molar-refractivity contribution in [1.82, 2.24) is 0 Å². The molecule has 1 aliphatic rings. The third kappa shape index (κ3) is 2.49. The first-order chi connectivity index (χ1) is 8.75. The maximum atomic E-state index is 12.9. The van der Waals surface area contributed by atoms with Crippen LogP contribution in [0.5, 0.6) is 0 Å². The smallest absolute Gasteiger partial charge is 0.307 e. The zero-order valence-corrected chi connectivity index (χ0v) is 12.0. The Kier molecular flexibility index (Phi) is 3.38. The first kappa shape index (κ1) is 14.0. The fourth-order valence-corrected chi connectivity index (χ4v) is 2.84. The van der Waals surface area contributed by atoms with Gasteiger partial charge in [0, 0.05) is 4.47 Å². The first-order valence-electron chi connectivity index (χ1n) is 5.74. The van der Waals surface area contributed by atoms with Crippen molar-refractivity contribution in [3.63, 3.8) is 0 Å². The van der Waals surface area contributed by atoms with Gasteiger partial charge < -0.3 is 10.4 Å². The fraction of sp³-hybridized carbons (Fsp3) is 0.385. The molecular formula is C13H13BrFNO3. The van der Waals surface area contributed by atoms with Crippen molar-refractivity contribution in [2.24, 2.45) is 17.3 Å². The highest BCUT2D eigenvalue weighted by Gasteiger charge is 2.65. The summed E-state index contributed by atoms with van der Waals surface area (Å²) < 4.78 is 13.3. The molecule has 2 atom stereocenters. The van der Waals surface area contributed by atoms with Gasteiger partial charge in [0.05, 0.1) is 17.5 Å². The monoisotopic (exact) mass is 329 g/mol. The summed E-state index contributed by atoms with van der Waals surface area (Å²) in [5.74, 6) is -2.98. The fourth-order valence-electron chi connectivity index (χ4n) is 2.39. The molecule has 2 rings (SSSR count). The molecule has 0 aromatic heterocycles. The lowest BCUT2D eigenvalue weighted by Gasteiger charge is -2.08. The summed E-state index contributed by atoms with van der Waals surface area (Å²) in [5, 5.41) is 11.7. The highest BCUT2D eigenvalue weighted by atomic mass is 79.9. The van der Waals surface area contributed by atoms with E-state index in [9.17, 15) is 14.0 Å². The molecule has 1 saturated carbocycles. The van der Waals surface area contributed by atoms with Gasteiger partial charge in [-0.2, -0.15) is 0 Å². The van der Waals surface area contributed by atoms with Gasteiger partial charge in [-0.15, -0.1) is 0 Å². The number of carbonyl (C=O) groups excluding carboxylic acids is 1. The van der Waals surface area contributed by atoms with Crippen LogP contribution in [0.15, 0.2) is 22.7 Å². The number of anilines is 1. The van der Waals surface area contributed by atoms with Crippen molar-refractivity contribution in [1.29, 1.82) is 0 Å². The lowest BCUT2D eigenvalue weighted by atomic mass is 10.1.